The number of rotatable bonds is 4. The van der Waals surface area contributed by atoms with Crippen molar-refractivity contribution in [1.82, 2.24) is 4.98 Å². The van der Waals surface area contributed by atoms with E-state index in [4.69, 9.17) is 4.42 Å². The lowest BCUT2D eigenvalue weighted by Crippen LogP contribution is -1.97. The Morgan fingerprint density at radius 1 is 1.20 bits per heavy atom. The van der Waals surface area contributed by atoms with E-state index in [1.165, 1.54) is 11.3 Å². The average Bonchev–Trinajstić information content (AvgIpc) is 3.17. The van der Waals surface area contributed by atoms with E-state index in [9.17, 15) is 0 Å². The third kappa shape index (κ3) is 2.78. The van der Waals surface area contributed by atoms with Crippen LogP contribution in [0.3, 0.4) is 0 Å². The fourth-order valence-electron chi connectivity index (χ4n) is 1.74. The summed E-state index contributed by atoms with van der Waals surface area (Å²) in [5.74, 6) is 0.748. The number of hydrogen-bond acceptors (Lipinski definition) is 5. The molecule has 0 bridgehead atoms. The van der Waals surface area contributed by atoms with Crippen molar-refractivity contribution >= 4 is 22.2 Å². The summed E-state index contributed by atoms with van der Waals surface area (Å²) in [6.45, 7) is 1.89. The van der Waals surface area contributed by atoms with Gasteiger partial charge in [-0.05, 0) is 19.1 Å². The number of nitrogens with one attached hydrogen (secondary N) is 1. The summed E-state index contributed by atoms with van der Waals surface area (Å²) in [5, 5.41) is 7.03. The van der Waals surface area contributed by atoms with Crippen LogP contribution < -0.4 is 5.43 Å². The minimum Gasteiger partial charge on any atom is -0.463 e. The Morgan fingerprint density at radius 2 is 2.05 bits per heavy atom. The summed E-state index contributed by atoms with van der Waals surface area (Å²) >= 11 is 1.52. The fraction of sp³-hybridized carbons (Fsp3) is 0.0667. The van der Waals surface area contributed by atoms with E-state index < -0.39 is 0 Å². The average molecular weight is 283 g/mol. The Bertz CT molecular complexity index is 702. The van der Waals surface area contributed by atoms with Gasteiger partial charge in [-0.3, -0.25) is 5.43 Å². The van der Waals surface area contributed by atoms with E-state index >= 15 is 0 Å². The van der Waals surface area contributed by atoms with Gasteiger partial charge in [-0.25, -0.2) is 4.98 Å². The van der Waals surface area contributed by atoms with Crippen molar-refractivity contribution in [1.29, 1.82) is 0 Å². The predicted octanol–water partition coefficient (Wildman–Crippen LogP) is 4.24. The fourth-order valence-corrected chi connectivity index (χ4v) is 2.40. The van der Waals surface area contributed by atoms with E-state index in [1.54, 1.807) is 6.26 Å². The van der Waals surface area contributed by atoms with Crippen molar-refractivity contribution in [3.05, 3.63) is 59.9 Å². The molecule has 1 aromatic carbocycles. The van der Waals surface area contributed by atoms with Crippen LogP contribution in [0.2, 0.25) is 0 Å². The topological polar surface area (TPSA) is 50.4 Å². The molecule has 0 atom stereocenters. The highest BCUT2D eigenvalue weighted by Crippen LogP contribution is 2.24. The normalized spacial score (nSPS) is 11.6. The molecule has 100 valence electrons. The van der Waals surface area contributed by atoms with E-state index in [1.807, 2.05) is 54.8 Å². The molecule has 0 spiro atoms. The van der Waals surface area contributed by atoms with E-state index in [0.717, 1.165) is 27.9 Å². The Hall–Kier alpha value is -2.40. The molecule has 0 radical (unpaired) electrons. The minimum absolute atomic E-state index is 0.748. The van der Waals surface area contributed by atoms with Gasteiger partial charge in [-0.15, -0.1) is 11.3 Å². The molecule has 1 N–H and O–H groups in total. The summed E-state index contributed by atoms with van der Waals surface area (Å²) < 4.78 is 5.27. The number of hydrogen-bond donors (Lipinski definition) is 1. The van der Waals surface area contributed by atoms with Gasteiger partial charge >= 0.3 is 0 Å². The number of furan rings is 1. The molecule has 0 aliphatic heterocycles. The van der Waals surface area contributed by atoms with Gasteiger partial charge in [-0.2, -0.15) is 5.10 Å². The van der Waals surface area contributed by atoms with Crippen LogP contribution in [0.25, 0.3) is 11.3 Å². The van der Waals surface area contributed by atoms with Crippen LogP contribution in [0.4, 0.5) is 5.13 Å². The first-order valence-electron chi connectivity index (χ1n) is 6.18. The second-order valence-electron chi connectivity index (χ2n) is 4.19. The highest BCUT2D eigenvalue weighted by Gasteiger charge is 2.04. The molecule has 0 unspecified atom stereocenters. The van der Waals surface area contributed by atoms with Gasteiger partial charge in [0.25, 0.3) is 0 Å². The summed E-state index contributed by atoms with van der Waals surface area (Å²) in [4.78, 5) is 4.50. The largest absolute Gasteiger partial charge is 0.463 e. The molecule has 3 rings (SSSR count). The number of benzene rings is 1. The molecule has 0 saturated carbocycles. The van der Waals surface area contributed by atoms with Gasteiger partial charge in [0.15, 0.2) is 0 Å². The van der Waals surface area contributed by atoms with Crippen molar-refractivity contribution in [3.63, 3.8) is 0 Å². The number of thiazole rings is 1. The van der Waals surface area contributed by atoms with Crippen LogP contribution in [-0.4, -0.2) is 10.7 Å². The molecule has 0 saturated heterocycles. The summed E-state index contributed by atoms with van der Waals surface area (Å²) in [6.07, 6.45) is 1.63. The van der Waals surface area contributed by atoms with Gasteiger partial charge in [0.1, 0.15) is 11.5 Å². The van der Waals surface area contributed by atoms with E-state index in [2.05, 4.69) is 15.5 Å². The maximum absolute atomic E-state index is 5.27. The zero-order chi connectivity index (χ0) is 13.8. The second kappa shape index (κ2) is 5.71. The predicted molar refractivity (Wildman–Crippen MR) is 82.1 cm³/mol. The monoisotopic (exact) mass is 283 g/mol. The standard InChI is InChI=1S/C15H13N3OS/c1-11(14-8-5-9-19-14)17-18-15-16-13(10-20-15)12-6-3-2-4-7-12/h2-10H,1H3,(H,16,18)/b17-11+. The van der Waals surface area contributed by atoms with E-state index in [0.29, 0.717) is 0 Å². The molecule has 0 aliphatic carbocycles. The molecular formula is C15H13N3OS. The molecule has 2 heterocycles. The molecule has 0 aliphatic rings. The Morgan fingerprint density at radius 3 is 2.80 bits per heavy atom. The van der Waals surface area contributed by atoms with Gasteiger partial charge in [-0.1, -0.05) is 30.3 Å². The van der Waals surface area contributed by atoms with Crippen LogP contribution in [-0.2, 0) is 0 Å². The lowest BCUT2D eigenvalue weighted by Gasteiger charge is -1.97. The van der Waals surface area contributed by atoms with Crippen LogP contribution in [0, 0.1) is 0 Å². The molecule has 0 fully saturated rings. The zero-order valence-electron chi connectivity index (χ0n) is 10.9. The van der Waals surface area contributed by atoms with Crippen molar-refractivity contribution in [2.24, 2.45) is 5.10 Å². The first-order chi connectivity index (χ1) is 9.83. The maximum atomic E-state index is 5.27. The Labute approximate surface area is 120 Å². The Balaban J connectivity index is 1.74. The summed E-state index contributed by atoms with van der Waals surface area (Å²) in [6, 6.07) is 13.8. The number of aromatic nitrogens is 1. The molecule has 5 heteroatoms. The molecule has 4 nitrogen and oxygen atoms in total. The number of hydrazone groups is 1. The lowest BCUT2D eigenvalue weighted by molar-refractivity contribution is 0.557. The highest BCUT2D eigenvalue weighted by molar-refractivity contribution is 7.14. The molecule has 2 aromatic heterocycles. The van der Waals surface area contributed by atoms with Crippen molar-refractivity contribution in [3.8, 4) is 11.3 Å². The third-order valence-corrected chi connectivity index (χ3v) is 3.52. The lowest BCUT2D eigenvalue weighted by atomic mass is 10.2. The minimum atomic E-state index is 0.748. The van der Waals surface area contributed by atoms with Gasteiger partial charge < -0.3 is 4.42 Å². The quantitative estimate of drug-likeness (QED) is 0.575. The SMILES string of the molecule is C/C(=N\Nc1nc(-c2ccccc2)cs1)c1ccco1. The number of nitrogens with zero attached hydrogens (tertiary/aromatic N) is 2. The van der Waals surface area contributed by atoms with Gasteiger partial charge in [0, 0.05) is 10.9 Å². The maximum Gasteiger partial charge on any atom is 0.203 e. The van der Waals surface area contributed by atoms with Gasteiger partial charge in [0.2, 0.25) is 5.13 Å². The molecule has 20 heavy (non-hydrogen) atoms. The molecular weight excluding hydrogens is 270 g/mol. The Kier molecular flexibility index (Phi) is 3.60. The van der Waals surface area contributed by atoms with Crippen LogP contribution in [0.5, 0.6) is 0 Å². The molecule has 3 aromatic rings. The summed E-state index contributed by atoms with van der Waals surface area (Å²) in [5.41, 5.74) is 5.79. The third-order valence-electron chi connectivity index (χ3n) is 2.77. The number of anilines is 1. The van der Waals surface area contributed by atoms with Gasteiger partial charge in [0.05, 0.1) is 12.0 Å². The highest BCUT2D eigenvalue weighted by atomic mass is 32.1. The van der Waals surface area contributed by atoms with Crippen LogP contribution in [0.15, 0.2) is 63.6 Å². The van der Waals surface area contributed by atoms with Crippen molar-refractivity contribution in [2.45, 2.75) is 6.92 Å². The van der Waals surface area contributed by atoms with E-state index in [-0.39, 0.29) is 0 Å². The zero-order valence-corrected chi connectivity index (χ0v) is 11.7. The van der Waals surface area contributed by atoms with Crippen molar-refractivity contribution in [2.75, 3.05) is 5.43 Å². The van der Waals surface area contributed by atoms with Crippen molar-refractivity contribution < 1.29 is 4.42 Å². The molecule has 0 amide bonds. The summed E-state index contributed by atoms with van der Waals surface area (Å²) in [7, 11) is 0. The van der Waals surface area contributed by atoms with Crippen LogP contribution in [0.1, 0.15) is 12.7 Å². The first-order valence-corrected chi connectivity index (χ1v) is 7.06. The first kappa shape index (κ1) is 12.6. The van der Waals surface area contributed by atoms with Crippen LogP contribution >= 0.6 is 11.3 Å². The smallest absolute Gasteiger partial charge is 0.203 e. The second-order valence-corrected chi connectivity index (χ2v) is 5.05.